The van der Waals surface area contributed by atoms with E-state index in [1.54, 1.807) is 0 Å². The summed E-state index contributed by atoms with van der Waals surface area (Å²) in [6, 6.07) is 8.29. The smallest absolute Gasteiger partial charge is 0.407 e. The van der Waals surface area contributed by atoms with E-state index in [0.29, 0.717) is 11.8 Å². The predicted octanol–water partition coefficient (Wildman–Crippen LogP) is 3.29. The number of amides is 1. The molecule has 2 aliphatic rings. The Morgan fingerprint density at radius 3 is 2.41 bits per heavy atom. The molecule has 0 unspecified atom stereocenters. The average Bonchev–Trinajstić information content (AvgIpc) is 2.84. The highest BCUT2D eigenvalue weighted by Crippen LogP contribution is 2.45. The minimum Gasteiger partial charge on any atom is -0.444 e. The molecule has 0 spiro atoms. The molecule has 0 aromatic heterocycles. The second-order valence-corrected chi connectivity index (χ2v) is 7.76. The third kappa shape index (κ3) is 3.73. The maximum absolute atomic E-state index is 11.8. The van der Waals surface area contributed by atoms with Crippen LogP contribution >= 0.6 is 11.6 Å². The van der Waals surface area contributed by atoms with E-state index in [0.717, 1.165) is 24.7 Å². The van der Waals surface area contributed by atoms with Crippen LogP contribution in [0.5, 0.6) is 0 Å². The second-order valence-electron chi connectivity index (χ2n) is 7.32. The largest absolute Gasteiger partial charge is 0.444 e. The van der Waals surface area contributed by atoms with Gasteiger partial charge in [0.05, 0.1) is 0 Å². The third-order valence-electron chi connectivity index (χ3n) is 4.27. The second kappa shape index (κ2) is 5.74. The van der Waals surface area contributed by atoms with Crippen molar-refractivity contribution in [3.05, 3.63) is 34.9 Å². The molecule has 0 bridgehead atoms. The molecule has 120 valence electrons. The number of carbonyl (C=O) groups is 1. The predicted molar refractivity (Wildman–Crippen MR) is 86.9 cm³/mol. The molecular formula is C17H23ClN2O2. The summed E-state index contributed by atoms with van der Waals surface area (Å²) in [5.41, 5.74) is 0.844. The lowest BCUT2D eigenvalue weighted by atomic mass is 10.2. The van der Waals surface area contributed by atoms with E-state index in [1.807, 2.05) is 32.9 Å². The molecule has 3 atom stereocenters. The van der Waals surface area contributed by atoms with Crippen molar-refractivity contribution in [2.45, 2.75) is 39.0 Å². The average molecular weight is 323 g/mol. The van der Waals surface area contributed by atoms with E-state index in [-0.39, 0.29) is 12.1 Å². The van der Waals surface area contributed by atoms with Crippen LogP contribution in [0.15, 0.2) is 24.3 Å². The Hall–Kier alpha value is -1.26. The number of carbonyl (C=O) groups excluding carboxylic acids is 1. The standard InChI is InChI=1S/C17H23ClN2O2/c1-17(2,3)22-16(21)19-15-13-9-20(10-14(13)15)8-11-4-6-12(18)7-5-11/h4-7,13-15H,8-10H2,1-3H3,(H,19,21)/t13-,14+,15+. The van der Waals surface area contributed by atoms with E-state index in [1.165, 1.54) is 5.56 Å². The van der Waals surface area contributed by atoms with Crippen LogP contribution in [0.4, 0.5) is 4.79 Å². The van der Waals surface area contributed by atoms with E-state index in [2.05, 4.69) is 22.3 Å². The number of halogens is 1. The zero-order valence-electron chi connectivity index (χ0n) is 13.3. The van der Waals surface area contributed by atoms with Gasteiger partial charge >= 0.3 is 6.09 Å². The summed E-state index contributed by atoms with van der Waals surface area (Å²) in [5, 5.41) is 3.77. The quantitative estimate of drug-likeness (QED) is 0.928. The Labute approximate surface area is 136 Å². The molecule has 4 nitrogen and oxygen atoms in total. The molecule has 1 aromatic carbocycles. The molecule has 22 heavy (non-hydrogen) atoms. The summed E-state index contributed by atoms with van der Waals surface area (Å²) in [4.78, 5) is 14.2. The van der Waals surface area contributed by atoms with Gasteiger partial charge in [-0.3, -0.25) is 4.90 Å². The van der Waals surface area contributed by atoms with Crippen molar-refractivity contribution in [3.8, 4) is 0 Å². The number of hydrogen-bond acceptors (Lipinski definition) is 3. The molecule has 1 aromatic rings. The molecule has 2 fully saturated rings. The van der Waals surface area contributed by atoms with Gasteiger partial charge in [-0.2, -0.15) is 0 Å². The number of hydrogen-bond donors (Lipinski definition) is 1. The van der Waals surface area contributed by atoms with Gasteiger partial charge in [0, 0.05) is 30.7 Å². The van der Waals surface area contributed by atoms with Crippen molar-refractivity contribution >= 4 is 17.7 Å². The molecule has 0 radical (unpaired) electrons. The summed E-state index contributed by atoms with van der Waals surface area (Å²) >= 11 is 5.91. The number of alkyl carbamates (subject to hydrolysis) is 1. The van der Waals surface area contributed by atoms with Crippen LogP contribution in [-0.2, 0) is 11.3 Å². The van der Waals surface area contributed by atoms with Gasteiger partial charge < -0.3 is 10.1 Å². The monoisotopic (exact) mass is 322 g/mol. The van der Waals surface area contributed by atoms with Crippen molar-refractivity contribution in [3.63, 3.8) is 0 Å². The van der Waals surface area contributed by atoms with Gasteiger partial charge in [-0.15, -0.1) is 0 Å². The number of nitrogens with one attached hydrogen (secondary N) is 1. The zero-order valence-corrected chi connectivity index (χ0v) is 14.1. The summed E-state index contributed by atoms with van der Waals surface area (Å²) in [6.45, 7) is 8.67. The fraction of sp³-hybridized carbons (Fsp3) is 0.588. The fourth-order valence-electron chi connectivity index (χ4n) is 3.25. The molecule has 1 heterocycles. The van der Waals surface area contributed by atoms with Gasteiger partial charge in [0.2, 0.25) is 0 Å². The summed E-state index contributed by atoms with van der Waals surface area (Å²) in [7, 11) is 0. The van der Waals surface area contributed by atoms with Crippen molar-refractivity contribution < 1.29 is 9.53 Å². The fourth-order valence-corrected chi connectivity index (χ4v) is 3.37. The molecular weight excluding hydrogens is 300 g/mol. The van der Waals surface area contributed by atoms with Crippen LogP contribution in [0.25, 0.3) is 0 Å². The molecule has 1 N–H and O–H groups in total. The molecule has 1 amide bonds. The summed E-state index contributed by atoms with van der Waals surface area (Å²) in [5.74, 6) is 1.14. The molecule has 5 heteroatoms. The topological polar surface area (TPSA) is 41.6 Å². The number of likely N-dealkylation sites (tertiary alicyclic amines) is 1. The molecule has 1 aliphatic heterocycles. The third-order valence-corrected chi connectivity index (χ3v) is 4.52. The highest BCUT2D eigenvalue weighted by atomic mass is 35.5. The highest BCUT2D eigenvalue weighted by molar-refractivity contribution is 6.30. The lowest BCUT2D eigenvalue weighted by molar-refractivity contribution is 0.0513. The first-order valence-electron chi connectivity index (χ1n) is 7.78. The number of fused-ring (bicyclic) bond motifs is 1. The first kappa shape index (κ1) is 15.6. The normalized spacial score (nSPS) is 27.4. The zero-order chi connectivity index (χ0) is 15.9. The first-order valence-corrected chi connectivity index (χ1v) is 8.16. The van der Waals surface area contributed by atoms with E-state index >= 15 is 0 Å². The van der Waals surface area contributed by atoms with Gasteiger partial charge in [0.25, 0.3) is 0 Å². The minimum atomic E-state index is -0.436. The molecule has 1 saturated carbocycles. The molecule has 3 rings (SSSR count). The van der Waals surface area contributed by atoms with Gasteiger partial charge in [-0.1, -0.05) is 23.7 Å². The van der Waals surface area contributed by atoms with Crippen LogP contribution in [0, 0.1) is 11.8 Å². The molecule has 1 aliphatic carbocycles. The van der Waals surface area contributed by atoms with Gasteiger partial charge in [0.15, 0.2) is 0 Å². The number of nitrogens with zero attached hydrogens (tertiary/aromatic N) is 1. The minimum absolute atomic E-state index is 0.288. The van der Waals surface area contributed by atoms with Crippen molar-refractivity contribution in [2.75, 3.05) is 13.1 Å². The van der Waals surface area contributed by atoms with E-state index < -0.39 is 5.60 Å². The Bertz CT molecular complexity index is 541. The van der Waals surface area contributed by atoms with Crippen LogP contribution in [0.2, 0.25) is 5.02 Å². The lowest BCUT2D eigenvalue weighted by Crippen LogP contribution is -2.38. The maximum atomic E-state index is 11.8. The molecule has 1 saturated heterocycles. The highest BCUT2D eigenvalue weighted by Gasteiger charge is 2.56. The number of piperidine rings is 1. The summed E-state index contributed by atoms with van der Waals surface area (Å²) < 4.78 is 5.31. The van der Waals surface area contributed by atoms with Gasteiger partial charge in [-0.05, 0) is 50.3 Å². The summed E-state index contributed by atoms with van der Waals surface area (Å²) in [6.07, 6.45) is -0.295. The Balaban J connectivity index is 1.43. The Kier molecular flexibility index (Phi) is 4.08. The van der Waals surface area contributed by atoms with E-state index in [9.17, 15) is 4.79 Å². The first-order chi connectivity index (χ1) is 10.3. The number of rotatable bonds is 3. The van der Waals surface area contributed by atoms with Crippen molar-refractivity contribution in [2.24, 2.45) is 11.8 Å². The van der Waals surface area contributed by atoms with Gasteiger partial charge in [-0.25, -0.2) is 4.79 Å². The van der Waals surface area contributed by atoms with Crippen LogP contribution < -0.4 is 5.32 Å². The number of benzene rings is 1. The Morgan fingerprint density at radius 1 is 1.27 bits per heavy atom. The van der Waals surface area contributed by atoms with Crippen molar-refractivity contribution in [1.29, 1.82) is 0 Å². The Morgan fingerprint density at radius 2 is 1.86 bits per heavy atom. The van der Waals surface area contributed by atoms with Crippen LogP contribution in [-0.4, -0.2) is 35.7 Å². The van der Waals surface area contributed by atoms with Crippen molar-refractivity contribution in [1.82, 2.24) is 10.2 Å². The van der Waals surface area contributed by atoms with Gasteiger partial charge in [0.1, 0.15) is 5.60 Å². The van der Waals surface area contributed by atoms with Crippen LogP contribution in [0.3, 0.4) is 0 Å². The number of ether oxygens (including phenoxy) is 1. The maximum Gasteiger partial charge on any atom is 0.407 e. The van der Waals surface area contributed by atoms with E-state index in [4.69, 9.17) is 16.3 Å². The SMILES string of the molecule is CC(C)(C)OC(=O)N[C@H]1[C@@H]2CN(Cc3ccc(Cl)cc3)C[C@@H]21. The lowest BCUT2D eigenvalue weighted by Gasteiger charge is -2.22. The van der Waals surface area contributed by atoms with Crippen LogP contribution in [0.1, 0.15) is 26.3 Å².